The van der Waals surface area contributed by atoms with Crippen molar-refractivity contribution >= 4 is 45.5 Å². The molecule has 0 atom stereocenters. The number of anilines is 1. The molecule has 1 saturated heterocycles. The van der Waals surface area contributed by atoms with Crippen LogP contribution in [0.3, 0.4) is 0 Å². The van der Waals surface area contributed by atoms with E-state index in [9.17, 15) is 18.8 Å². The van der Waals surface area contributed by atoms with Gasteiger partial charge in [0.05, 0.1) is 12.3 Å². The summed E-state index contributed by atoms with van der Waals surface area (Å²) in [4.78, 5) is 39.5. The van der Waals surface area contributed by atoms with Crippen molar-refractivity contribution in [2.75, 3.05) is 11.5 Å². The maximum atomic E-state index is 14.0. The van der Waals surface area contributed by atoms with Gasteiger partial charge in [0.2, 0.25) is 0 Å². The third kappa shape index (κ3) is 5.72. The molecule has 1 fully saturated rings. The Hall–Kier alpha value is -3.98. The highest BCUT2D eigenvalue weighted by atomic mass is 79.9. The third-order valence-electron chi connectivity index (χ3n) is 5.57. The minimum atomic E-state index is -0.817. The van der Waals surface area contributed by atoms with Crippen LogP contribution in [0.2, 0.25) is 0 Å². The van der Waals surface area contributed by atoms with Gasteiger partial charge in [-0.1, -0.05) is 40.2 Å². The zero-order valence-corrected chi connectivity index (χ0v) is 22.0. The van der Waals surface area contributed by atoms with Crippen molar-refractivity contribution in [3.8, 4) is 11.5 Å². The van der Waals surface area contributed by atoms with Crippen LogP contribution in [0.15, 0.2) is 64.6 Å². The number of hydrogen-bond donors (Lipinski definition) is 1. The lowest BCUT2D eigenvalue weighted by molar-refractivity contribution is -0.122. The van der Waals surface area contributed by atoms with Crippen LogP contribution >= 0.6 is 15.9 Å². The Morgan fingerprint density at radius 2 is 1.65 bits per heavy atom. The van der Waals surface area contributed by atoms with E-state index >= 15 is 0 Å². The number of carbonyl (C=O) groups excluding carboxylic acids is 3. The van der Waals surface area contributed by atoms with E-state index in [1.165, 1.54) is 12.1 Å². The number of ether oxygens (including phenoxy) is 2. The number of barbiturate groups is 1. The van der Waals surface area contributed by atoms with E-state index in [-0.39, 0.29) is 18.0 Å². The van der Waals surface area contributed by atoms with Crippen molar-refractivity contribution in [2.24, 2.45) is 0 Å². The third-order valence-corrected chi connectivity index (χ3v) is 6.26. The SMILES string of the molecule is CCOc1cc(/C=C2\C(=O)NC(=O)N(c3cc(C)cc(C)c3)C2=O)c(Br)cc1OCc1ccccc1F. The summed E-state index contributed by atoms with van der Waals surface area (Å²) in [5.74, 6) is -1.24. The van der Waals surface area contributed by atoms with E-state index in [0.29, 0.717) is 39.4 Å². The molecule has 3 aromatic rings. The zero-order chi connectivity index (χ0) is 26.7. The number of amides is 4. The van der Waals surface area contributed by atoms with Crippen LogP contribution in [-0.2, 0) is 16.2 Å². The molecule has 0 spiro atoms. The first-order valence-corrected chi connectivity index (χ1v) is 12.3. The largest absolute Gasteiger partial charge is 0.490 e. The van der Waals surface area contributed by atoms with Gasteiger partial charge >= 0.3 is 6.03 Å². The second-order valence-corrected chi connectivity index (χ2v) is 9.29. The molecule has 1 heterocycles. The molecule has 4 amide bonds. The fourth-order valence-electron chi connectivity index (χ4n) is 3.94. The average Bonchev–Trinajstić information content (AvgIpc) is 2.82. The molecule has 0 unspecified atom stereocenters. The van der Waals surface area contributed by atoms with Crippen LogP contribution in [0.4, 0.5) is 14.9 Å². The fraction of sp³-hybridized carbons (Fsp3) is 0.179. The number of aryl methyl sites for hydroxylation is 2. The summed E-state index contributed by atoms with van der Waals surface area (Å²) in [5.41, 5.74) is 2.72. The van der Waals surface area contributed by atoms with Crippen LogP contribution in [0.5, 0.6) is 11.5 Å². The molecule has 0 aliphatic carbocycles. The predicted molar refractivity (Wildman–Crippen MR) is 141 cm³/mol. The molecule has 1 aliphatic heterocycles. The molecule has 1 aliphatic rings. The van der Waals surface area contributed by atoms with Crippen LogP contribution in [0.25, 0.3) is 6.08 Å². The summed E-state index contributed by atoms with van der Waals surface area (Å²) in [6.45, 7) is 5.81. The lowest BCUT2D eigenvalue weighted by Gasteiger charge is -2.27. The Bertz CT molecular complexity index is 1420. The first-order valence-electron chi connectivity index (χ1n) is 11.5. The summed E-state index contributed by atoms with van der Waals surface area (Å²) in [6.07, 6.45) is 1.38. The molecule has 4 rings (SSSR count). The predicted octanol–water partition coefficient (Wildman–Crippen LogP) is 5.85. The standard InChI is InChI=1S/C28H24BrFN2O5/c1-4-36-24-13-19(22(29)14-25(24)37-15-18-7-5-6-8-23(18)30)12-21-26(33)31-28(35)32(27(21)34)20-10-16(2)9-17(3)11-20/h5-14H,4,15H2,1-3H3,(H,31,33,35)/b21-12+. The van der Waals surface area contributed by atoms with Gasteiger partial charge < -0.3 is 9.47 Å². The van der Waals surface area contributed by atoms with Gasteiger partial charge in [0.25, 0.3) is 11.8 Å². The smallest absolute Gasteiger partial charge is 0.335 e. The molecular weight excluding hydrogens is 543 g/mol. The zero-order valence-electron chi connectivity index (χ0n) is 20.4. The lowest BCUT2D eigenvalue weighted by atomic mass is 10.0. The second-order valence-electron chi connectivity index (χ2n) is 8.44. The van der Waals surface area contributed by atoms with Gasteiger partial charge in [-0.25, -0.2) is 14.1 Å². The highest BCUT2D eigenvalue weighted by Gasteiger charge is 2.37. The summed E-state index contributed by atoms with van der Waals surface area (Å²) >= 11 is 3.45. The number of nitrogens with one attached hydrogen (secondary N) is 1. The number of rotatable bonds is 7. The summed E-state index contributed by atoms with van der Waals surface area (Å²) < 4.78 is 26.1. The van der Waals surface area contributed by atoms with Crippen LogP contribution in [0, 0.1) is 19.7 Å². The van der Waals surface area contributed by atoms with Gasteiger partial charge in [-0.3, -0.25) is 14.9 Å². The Labute approximate surface area is 222 Å². The number of hydrogen-bond acceptors (Lipinski definition) is 5. The number of carbonyl (C=O) groups is 3. The molecular formula is C28H24BrFN2O5. The Balaban J connectivity index is 1.68. The molecule has 7 nitrogen and oxygen atoms in total. The summed E-state index contributed by atoms with van der Waals surface area (Å²) in [5, 5.41) is 2.23. The van der Waals surface area contributed by atoms with Gasteiger partial charge in [-0.2, -0.15) is 0 Å². The van der Waals surface area contributed by atoms with Crippen LogP contribution in [-0.4, -0.2) is 24.5 Å². The van der Waals surface area contributed by atoms with Crippen molar-refractivity contribution in [2.45, 2.75) is 27.4 Å². The van der Waals surface area contributed by atoms with Gasteiger partial charge in [0, 0.05) is 10.0 Å². The van der Waals surface area contributed by atoms with E-state index in [0.717, 1.165) is 16.0 Å². The Kier molecular flexibility index (Phi) is 7.73. The van der Waals surface area contributed by atoms with Gasteiger partial charge in [0.1, 0.15) is 18.0 Å². The molecule has 0 radical (unpaired) electrons. The van der Waals surface area contributed by atoms with Crippen molar-refractivity contribution in [1.29, 1.82) is 0 Å². The van der Waals surface area contributed by atoms with Crippen LogP contribution in [0.1, 0.15) is 29.2 Å². The molecule has 190 valence electrons. The average molecular weight is 567 g/mol. The topological polar surface area (TPSA) is 84.9 Å². The van der Waals surface area contributed by atoms with Crippen LogP contribution < -0.4 is 19.7 Å². The van der Waals surface area contributed by atoms with Crippen molar-refractivity contribution in [3.63, 3.8) is 0 Å². The number of halogens is 2. The molecule has 3 aromatic carbocycles. The number of urea groups is 1. The molecule has 37 heavy (non-hydrogen) atoms. The summed E-state index contributed by atoms with van der Waals surface area (Å²) in [7, 11) is 0. The van der Waals surface area contributed by atoms with E-state index < -0.39 is 17.8 Å². The van der Waals surface area contributed by atoms with Crippen molar-refractivity contribution in [3.05, 3.63) is 92.7 Å². The van der Waals surface area contributed by atoms with E-state index in [1.54, 1.807) is 49.4 Å². The highest BCUT2D eigenvalue weighted by molar-refractivity contribution is 9.10. The minimum absolute atomic E-state index is 0.0203. The Morgan fingerprint density at radius 3 is 2.32 bits per heavy atom. The van der Waals surface area contributed by atoms with Crippen molar-refractivity contribution < 1.29 is 28.2 Å². The normalized spacial score (nSPS) is 14.7. The molecule has 0 bridgehead atoms. The first-order chi connectivity index (χ1) is 17.7. The summed E-state index contributed by atoms with van der Waals surface area (Å²) in [6, 6.07) is 14.0. The van der Waals surface area contributed by atoms with Gasteiger partial charge in [0.15, 0.2) is 11.5 Å². The fourth-order valence-corrected chi connectivity index (χ4v) is 4.38. The minimum Gasteiger partial charge on any atom is -0.490 e. The molecule has 1 N–H and O–H groups in total. The molecule has 0 saturated carbocycles. The highest BCUT2D eigenvalue weighted by Crippen LogP contribution is 2.36. The van der Waals surface area contributed by atoms with E-state index in [1.807, 2.05) is 19.9 Å². The number of imide groups is 2. The second kappa shape index (κ2) is 11.0. The molecule has 9 heteroatoms. The van der Waals surface area contributed by atoms with Gasteiger partial charge in [-0.05, 0) is 73.9 Å². The van der Waals surface area contributed by atoms with E-state index in [2.05, 4.69) is 21.2 Å². The maximum absolute atomic E-state index is 14.0. The molecule has 0 aromatic heterocycles. The maximum Gasteiger partial charge on any atom is 0.335 e. The lowest BCUT2D eigenvalue weighted by Crippen LogP contribution is -2.54. The number of benzene rings is 3. The van der Waals surface area contributed by atoms with Crippen molar-refractivity contribution in [1.82, 2.24) is 5.32 Å². The van der Waals surface area contributed by atoms with Gasteiger partial charge in [-0.15, -0.1) is 0 Å². The first kappa shape index (κ1) is 26.1. The Morgan fingerprint density at radius 1 is 0.973 bits per heavy atom. The van der Waals surface area contributed by atoms with E-state index in [4.69, 9.17) is 9.47 Å². The quantitative estimate of drug-likeness (QED) is 0.286. The monoisotopic (exact) mass is 566 g/mol. The number of nitrogens with zero attached hydrogens (tertiary/aromatic N) is 1.